The molecule has 2 fully saturated rings. The van der Waals surface area contributed by atoms with E-state index in [0.29, 0.717) is 12.8 Å². The van der Waals surface area contributed by atoms with Crippen LogP contribution in [0.15, 0.2) is 12.7 Å². The Balaban J connectivity index is 2.69. The van der Waals surface area contributed by atoms with Gasteiger partial charge in [-0.05, 0) is 12.8 Å². The third-order valence-corrected chi connectivity index (χ3v) is 8.83. The number of hydrogen-bond donors (Lipinski definition) is 0. The molecule has 56 heavy (non-hydrogen) atoms. The van der Waals surface area contributed by atoms with E-state index in [9.17, 15) is 44.5 Å². The van der Waals surface area contributed by atoms with Crippen molar-refractivity contribution in [3.63, 3.8) is 0 Å². The fraction of sp³-hybridized carbons (Fsp3) is 0.882. The quantitative estimate of drug-likeness (QED) is 0.0109. The molecule has 4 unspecified atom stereocenters. The van der Waals surface area contributed by atoms with Crippen molar-refractivity contribution in [3.8, 4) is 0 Å². The Hall–Kier alpha value is 0.590. The third-order valence-electron chi connectivity index (χ3n) is 6.03. The smallest absolute Gasteiger partial charge is 0.218 e. The maximum Gasteiger partial charge on any atom is 0.218 e. The van der Waals surface area contributed by atoms with Gasteiger partial charge in [-0.25, -0.2) is 8.42 Å². The average Bonchev–Trinajstić information content (AvgIpc) is 3.17. The van der Waals surface area contributed by atoms with Crippen LogP contribution in [0.4, 0.5) is 0 Å². The van der Waals surface area contributed by atoms with E-state index in [2.05, 4.69) is 67.0 Å². The van der Waals surface area contributed by atoms with Crippen molar-refractivity contribution in [3.05, 3.63) is 12.7 Å². The van der Waals surface area contributed by atoms with Gasteiger partial charge < -0.3 is 55.0 Å². The first-order chi connectivity index (χ1) is 27.2. The third kappa shape index (κ3) is 20.4. The second kappa shape index (κ2) is 32.3. The van der Waals surface area contributed by atoms with Crippen LogP contribution in [-0.4, -0.2) is 94.2 Å². The first-order valence-electron chi connectivity index (χ1n) is 13.7. The lowest BCUT2D eigenvalue weighted by Gasteiger charge is -2.48. The summed E-state index contributed by atoms with van der Waals surface area (Å²) in [7, 11) is -5.81. The van der Waals surface area contributed by atoms with Gasteiger partial charge in [-0.2, -0.15) is 0 Å². The van der Waals surface area contributed by atoms with E-state index in [0.717, 1.165) is 0 Å². The normalized spacial score (nSPS) is 28.5. The van der Waals surface area contributed by atoms with Crippen LogP contribution in [0.1, 0.15) is 12.8 Å². The topological polar surface area (TPSA) is 408 Å². The molecular formula is C17H23O32S7-7. The summed E-state index contributed by atoms with van der Waals surface area (Å²) in [5, 5.41) is 82.0. The van der Waals surface area contributed by atoms with E-state index in [1.165, 1.54) is 0 Å². The summed E-state index contributed by atoms with van der Waals surface area (Å²) >= 11 is -0.890. The maximum atomic E-state index is 12.0. The lowest BCUT2D eigenvalue weighted by atomic mass is 9.97. The van der Waals surface area contributed by atoms with Gasteiger partial charge in [0.15, 0.2) is 98.7 Å². The summed E-state index contributed by atoms with van der Waals surface area (Å²) in [6.07, 6.45) is -16.4. The molecule has 0 amide bonds. The van der Waals surface area contributed by atoms with Crippen LogP contribution < -0.4 is 31.5 Å². The van der Waals surface area contributed by atoms with Crippen LogP contribution in [0.3, 0.4) is 0 Å². The zero-order valence-electron chi connectivity index (χ0n) is 26.5. The fourth-order valence-electron chi connectivity index (χ4n) is 4.23. The minimum atomic E-state index is -5.81. The summed E-state index contributed by atoms with van der Waals surface area (Å²) in [6, 6.07) is 0. The van der Waals surface area contributed by atoms with Gasteiger partial charge in [0.1, 0.15) is 36.6 Å². The summed E-state index contributed by atoms with van der Waals surface area (Å²) in [6.45, 7) is 2.00. The molecule has 2 aliphatic rings. The van der Waals surface area contributed by atoms with E-state index in [1.807, 2.05) is 0 Å². The minimum absolute atomic E-state index is 0.0335. The minimum Gasteiger partial charge on any atom is -0.726 e. The van der Waals surface area contributed by atoms with Crippen LogP contribution >= 0.6 is 73.9 Å². The highest BCUT2D eigenvalue weighted by Crippen LogP contribution is 2.39. The summed E-state index contributed by atoms with van der Waals surface area (Å²) in [4.78, 5) is 0. The molecule has 2 saturated heterocycles. The molecule has 2 heterocycles. The second-order valence-corrected chi connectivity index (χ2v) is 12.9. The Morgan fingerprint density at radius 1 is 0.571 bits per heavy atom. The average molecular weight is 964 g/mol. The summed E-state index contributed by atoms with van der Waals surface area (Å²) in [5.41, 5.74) is 0. The Bertz CT molecular complexity index is 1090. The first kappa shape index (κ1) is 52.7. The fourth-order valence-corrected chi connectivity index (χ4v) is 6.66. The molecule has 0 aromatic rings. The number of hydrogen-bond acceptors (Lipinski definition) is 38. The van der Waals surface area contributed by atoms with Gasteiger partial charge in [0.05, 0.1) is 19.8 Å². The molecule has 0 aromatic carbocycles. The molecule has 39 heteroatoms. The molecule has 0 aliphatic carbocycles. The standard InChI is InChI=1S/C17H30O32S7/c1-2-3-4-5-27-16-14(36-55-49-43-23)12(34-53-47-41-21)10(8(30-16)6-28-50-44-38-18)32-17-15(37-56(24,25)26)13(35-54-48-42-22)11(33-52-46-40-20)9(31-17)7-29-51-45-39-19/h2,8-23H,1,3-7H2,(H,24,25,26)/p-7/t8?,9?,10-,11-,12-,13-,14?,15?,16+,17-/m0/s1. The van der Waals surface area contributed by atoms with E-state index in [-0.39, 0.29) is 80.5 Å². The van der Waals surface area contributed by atoms with Crippen LogP contribution in [0.25, 0.3) is 0 Å². The lowest BCUT2D eigenvalue weighted by molar-refractivity contribution is -0.778. The van der Waals surface area contributed by atoms with Crippen LogP contribution in [-0.2, 0) is 115 Å². The monoisotopic (exact) mass is 963 g/mol. The zero-order valence-corrected chi connectivity index (χ0v) is 32.2. The zero-order chi connectivity index (χ0) is 41.0. The highest BCUT2D eigenvalue weighted by Gasteiger charge is 2.56. The molecule has 2 rings (SSSR count). The van der Waals surface area contributed by atoms with E-state index >= 15 is 0 Å². The van der Waals surface area contributed by atoms with Gasteiger partial charge in [-0.1, -0.05) is 6.08 Å². The van der Waals surface area contributed by atoms with E-state index < -0.39 is 85.0 Å². The first-order valence-corrected chi connectivity index (χ1v) is 19.0. The number of rotatable bonds is 35. The predicted molar refractivity (Wildman–Crippen MR) is 152 cm³/mol. The van der Waals surface area contributed by atoms with Crippen molar-refractivity contribution in [2.45, 2.75) is 74.3 Å². The van der Waals surface area contributed by atoms with Gasteiger partial charge in [0.2, 0.25) is 10.4 Å². The Labute approximate surface area is 338 Å². The van der Waals surface area contributed by atoms with E-state index in [1.54, 1.807) is 6.08 Å². The molecule has 0 radical (unpaired) electrons. The molecule has 0 bridgehead atoms. The molecule has 0 aromatic heterocycles. The van der Waals surface area contributed by atoms with Crippen LogP contribution in [0.5, 0.6) is 0 Å². The highest BCUT2D eigenvalue weighted by atomic mass is 32.3. The SMILES string of the molecule is C=CCCCO[C@@H]1OC(COSOO[O-])[C@H](O[C@@H]2OC(COSOO[O-])[C@H](OSOO[O-])[C@H](OSOO[O-])C2OS(=O)(=O)[O-])[C@H](OSOO[O-])C1OSOO[O-]. The van der Waals surface area contributed by atoms with Gasteiger partial charge in [-0.15, -0.1) is 32.6 Å². The highest BCUT2D eigenvalue weighted by molar-refractivity contribution is 7.90. The lowest BCUT2D eigenvalue weighted by Crippen LogP contribution is -2.66. The summed E-state index contributed by atoms with van der Waals surface area (Å²) in [5.74, 6) is 0. The largest absolute Gasteiger partial charge is 0.726 e. The Morgan fingerprint density at radius 3 is 1.48 bits per heavy atom. The predicted octanol–water partition coefficient (Wildman–Crippen LogP) is -5.06. The molecule has 332 valence electrons. The van der Waals surface area contributed by atoms with Gasteiger partial charge in [0, 0.05) is 0 Å². The van der Waals surface area contributed by atoms with Gasteiger partial charge in [-0.3, -0.25) is 59.5 Å². The van der Waals surface area contributed by atoms with Crippen LogP contribution in [0.2, 0.25) is 0 Å². The van der Waals surface area contributed by atoms with Gasteiger partial charge in [0.25, 0.3) is 0 Å². The van der Waals surface area contributed by atoms with Gasteiger partial charge >= 0.3 is 0 Å². The molecule has 0 N–H and O–H groups in total. The van der Waals surface area contributed by atoms with Crippen LogP contribution in [0, 0.1) is 0 Å². The molecular weight excluding hydrogens is 941 g/mol. The second-order valence-electron chi connectivity index (χ2n) is 8.99. The van der Waals surface area contributed by atoms with Crippen molar-refractivity contribution >= 4 is 84.3 Å². The molecule has 10 atom stereocenters. The molecule has 0 spiro atoms. The van der Waals surface area contributed by atoms with Crippen molar-refractivity contribution in [2.24, 2.45) is 0 Å². The van der Waals surface area contributed by atoms with Crippen molar-refractivity contribution in [1.29, 1.82) is 0 Å². The number of allylic oxidation sites excluding steroid dienone is 1. The van der Waals surface area contributed by atoms with E-state index in [4.69, 9.17) is 44.0 Å². The summed E-state index contributed by atoms with van der Waals surface area (Å²) < 4.78 is 120. The Kier molecular flexibility index (Phi) is 30.4. The number of unbranched alkanes of at least 4 members (excludes halogenated alkanes) is 1. The maximum absolute atomic E-state index is 12.0. The number of ether oxygens (including phenoxy) is 4. The molecule has 0 saturated carbocycles. The van der Waals surface area contributed by atoms with Crippen molar-refractivity contribution < 1.29 is 149 Å². The van der Waals surface area contributed by atoms with Crippen molar-refractivity contribution in [1.82, 2.24) is 0 Å². The molecule has 2 aliphatic heterocycles. The van der Waals surface area contributed by atoms with Crippen molar-refractivity contribution in [2.75, 3.05) is 19.8 Å². The Morgan fingerprint density at radius 2 is 1.00 bits per heavy atom. The molecule has 32 nitrogen and oxygen atoms in total.